The third-order valence-electron chi connectivity index (χ3n) is 7.62. The summed E-state index contributed by atoms with van der Waals surface area (Å²) < 4.78 is 15.2. The lowest BCUT2D eigenvalue weighted by molar-refractivity contribution is -0.148. The number of rotatable bonds is 6. The van der Waals surface area contributed by atoms with E-state index in [9.17, 15) is 24.0 Å². The summed E-state index contributed by atoms with van der Waals surface area (Å²) in [5.74, 6) is -3.16. The fourth-order valence-corrected chi connectivity index (χ4v) is 5.78. The van der Waals surface area contributed by atoms with Crippen molar-refractivity contribution in [3.05, 3.63) is 59.7 Å². The van der Waals surface area contributed by atoms with Crippen LogP contribution >= 0.6 is 0 Å². The summed E-state index contributed by atoms with van der Waals surface area (Å²) in [6.07, 6.45) is 0.0347. The lowest BCUT2D eigenvalue weighted by Crippen LogP contribution is -2.78. The van der Waals surface area contributed by atoms with E-state index in [1.54, 1.807) is 43.3 Å². The molecule has 0 unspecified atom stereocenters. The van der Waals surface area contributed by atoms with Crippen LogP contribution in [0.2, 0.25) is 0 Å². The number of hydrogen-bond donors (Lipinski definition) is 1. The number of fused-ring (bicyclic) bond motifs is 1. The van der Waals surface area contributed by atoms with Crippen LogP contribution in [0.5, 0.6) is 5.75 Å². The van der Waals surface area contributed by atoms with Gasteiger partial charge in [-0.3, -0.25) is 34.2 Å². The van der Waals surface area contributed by atoms with Crippen LogP contribution in [0, 0.1) is 5.92 Å². The first-order valence-electron chi connectivity index (χ1n) is 12.0. The Balaban J connectivity index is 1.60. The van der Waals surface area contributed by atoms with Crippen molar-refractivity contribution in [1.82, 2.24) is 10.2 Å². The van der Waals surface area contributed by atoms with Gasteiger partial charge in [-0.05, 0) is 49.7 Å². The minimum absolute atomic E-state index is 0.0347. The predicted octanol–water partition coefficient (Wildman–Crippen LogP) is 1.16. The lowest BCUT2D eigenvalue weighted by atomic mass is 9.80. The zero-order valence-corrected chi connectivity index (χ0v) is 21.3. The summed E-state index contributed by atoms with van der Waals surface area (Å²) >= 11 is 0. The highest BCUT2D eigenvalue weighted by molar-refractivity contribution is 6.24. The average Bonchev–Trinajstić information content (AvgIpc) is 3.41. The molecule has 198 valence electrons. The number of nitrogens with zero attached hydrogens (tertiary/aromatic N) is 2. The molecular weight excluding hydrogens is 494 g/mol. The molecule has 0 bridgehead atoms. The number of anilines is 1. The van der Waals surface area contributed by atoms with Gasteiger partial charge < -0.3 is 19.1 Å². The number of esters is 2. The largest absolute Gasteiger partial charge is 0.497 e. The molecule has 0 radical (unpaired) electrons. The standard InChI is InChI=1S/C27H27N3O8/c1-27(26(35)38-4)13-18(25(34)37-3)19(28-27)20-21(24(33)29(20)14-9-11-15(36-2)12-10-14)30-22(31)16-7-5-6-8-17(16)23(30)32/h5-12,18-21,28H,13H2,1-4H3/t18-,19+,20-,21+,27-/m0/s1. The van der Waals surface area contributed by atoms with Crippen LogP contribution in [0.1, 0.15) is 34.1 Å². The second-order valence-corrected chi connectivity index (χ2v) is 9.70. The Morgan fingerprint density at radius 3 is 2.03 bits per heavy atom. The van der Waals surface area contributed by atoms with Crippen LogP contribution in [0.4, 0.5) is 5.69 Å². The molecule has 2 saturated heterocycles. The van der Waals surface area contributed by atoms with Crippen molar-refractivity contribution in [3.63, 3.8) is 0 Å². The van der Waals surface area contributed by atoms with Crippen LogP contribution in [0.25, 0.3) is 0 Å². The van der Waals surface area contributed by atoms with Gasteiger partial charge in [0.15, 0.2) is 0 Å². The van der Waals surface area contributed by atoms with E-state index >= 15 is 0 Å². The van der Waals surface area contributed by atoms with Gasteiger partial charge in [0.05, 0.1) is 44.4 Å². The highest BCUT2D eigenvalue weighted by Crippen LogP contribution is 2.43. The fourth-order valence-electron chi connectivity index (χ4n) is 5.78. The third kappa shape index (κ3) is 3.65. The van der Waals surface area contributed by atoms with Gasteiger partial charge in [0, 0.05) is 11.7 Å². The number of carbonyl (C=O) groups excluding carboxylic acids is 5. The molecule has 2 aromatic carbocycles. The number of methoxy groups -OCH3 is 3. The Kier molecular flexibility index (Phi) is 6.18. The van der Waals surface area contributed by atoms with Crippen molar-refractivity contribution in [2.75, 3.05) is 26.2 Å². The van der Waals surface area contributed by atoms with Crippen molar-refractivity contribution < 1.29 is 38.2 Å². The molecule has 11 nitrogen and oxygen atoms in total. The van der Waals surface area contributed by atoms with Gasteiger partial charge in [0.25, 0.3) is 17.7 Å². The summed E-state index contributed by atoms with van der Waals surface area (Å²) in [7, 11) is 4.00. The highest BCUT2D eigenvalue weighted by Gasteiger charge is 2.64. The molecule has 2 aromatic rings. The van der Waals surface area contributed by atoms with Crippen molar-refractivity contribution in [1.29, 1.82) is 0 Å². The van der Waals surface area contributed by atoms with E-state index < -0.39 is 59.2 Å². The Morgan fingerprint density at radius 2 is 1.50 bits per heavy atom. The van der Waals surface area contributed by atoms with Crippen LogP contribution < -0.4 is 15.0 Å². The van der Waals surface area contributed by atoms with E-state index in [0.29, 0.717) is 11.4 Å². The molecule has 5 rings (SSSR count). The molecular formula is C27H27N3O8. The number of ether oxygens (including phenoxy) is 3. The second-order valence-electron chi connectivity index (χ2n) is 9.70. The van der Waals surface area contributed by atoms with Crippen LogP contribution in [0.3, 0.4) is 0 Å². The summed E-state index contributed by atoms with van der Waals surface area (Å²) in [5, 5.41) is 3.19. The monoisotopic (exact) mass is 521 g/mol. The van der Waals surface area contributed by atoms with E-state index in [4.69, 9.17) is 14.2 Å². The maximum atomic E-state index is 13.7. The molecule has 0 aliphatic carbocycles. The molecule has 1 N–H and O–H groups in total. The summed E-state index contributed by atoms with van der Waals surface area (Å²) in [6.45, 7) is 1.60. The molecule has 38 heavy (non-hydrogen) atoms. The molecule has 3 aliphatic rings. The van der Waals surface area contributed by atoms with Gasteiger partial charge >= 0.3 is 11.9 Å². The first kappa shape index (κ1) is 25.4. The van der Waals surface area contributed by atoms with Gasteiger partial charge in [-0.2, -0.15) is 0 Å². The maximum Gasteiger partial charge on any atom is 0.325 e. The molecule has 5 atom stereocenters. The van der Waals surface area contributed by atoms with Crippen LogP contribution in [0.15, 0.2) is 48.5 Å². The zero-order chi connectivity index (χ0) is 27.4. The topological polar surface area (TPSA) is 132 Å². The molecule has 0 aromatic heterocycles. The van der Waals surface area contributed by atoms with E-state index in [1.807, 2.05) is 0 Å². The number of imide groups is 1. The minimum Gasteiger partial charge on any atom is -0.497 e. The first-order chi connectivity index (χ1) is 18.2. The van der Waals surface area contributed by atoms with Crippen molar-refractivity contribution >= 4 is 35.3 Å². The van der Waals surface area contributed by atoms with Gasteiger partial charge in [-0.25, -0.2) is 0 Å². The number of carbonyl (C=O) groups is 5. The van der Waals surface area contributed by atoms with E-state index in [-0.39, 0.29) is 17.5 Å². The van der Waals surface area contributed by atoms with Crippen molar-refractivity contribution in [3.8, 4) is 5.75 Å². The predicted molar refractivity (Wildman–Crippen MR) is 132 cm³/mol. The first-order valence-corrected chi connectivity index (χ1v) is 12.0. The summed E-state index contributed by atoms with van der Waals surface area (Å²) in [4.78, 5) is 68.5. The number of β-lactam (4-membered cyclic amide) rings is 1. The number of hydrogen-bond acceptors (Lipinski definition) is 9. The number of nitrogens with one attached hydrogen (secondary N) is 1. The average molecular weight is 522 g/mol. The highest BCUT2D eigenvalue weighted by atomic mass is 16.5. The molecule has 0 spiro atoms. The Bertz CT molecular complexity index is 1310. The Morgan fingerprint density at radius 1 is 0.895 bits per heavy atom. The number of benzene rings is 2. The maximum absolute atomic E-state index is 13.7. The molecule has 3 aliphatic heterocycles. The van der Waals surface area contributed by atoms with Gasteiger partial charge in [0.1, 0.15) is 17.3 Å². The third-order valence-corrected chi connectivity index (χ3v) is 7.62. The molecule has 3 amide bonds. The Hall–Kier alpha value is -4.25. The van der Waals surface area contributed by atoms with Crippen molar-refractivity contribution in [2.24, 2.45) is 5.92 Å². The Labute approximate surface area is 218 Å². The summed E-state index contributed by atoms with van der Waals surface area (Å²) in [5.41, 5.74) is -0.383. The minimum atomic E-state index is -1.27. The fraction of sp³-hybridized carbons (Fsp3) is 0.370. The molecule has 11 heteroatoms. The SMILES string of the molecule is COC(=O)[C@H]1C[C@@](C)(C(=O)OC)N[C@H]1[C@H]1[C@@H](N2C(=O)c3ccccc3C2=O)C(=O)N1c1ccc(OC)cc1. The smallest absolute Gasteiger partial charge is 0.325 e. The molecule has 0 saturated carbocycles. The lowest BCUT2D eigenvalue weighted by Gasteiger charge is -2.52. The van der Waals surface area contributed by atoms with Gasteiger partial charge in [-0.1, -0.05) is 12.1 Å². The van der Waals surface area contributed by atoms with Crippen molar-refractivity contribution in [2.45, 2.75) is 37.0 Å². The zero-order valence-electron chi connectivity index (χ0n) is 21.3. The van der Waals surface area contributed by atoms with E-state index in [0.717, 1.165) is 4.90 Å². The normalized spacial score (nSPS) is 28.2. The number of amides is 3. The quantitative estimate of drug-likeness (QED) is 0.338. The van der Waals surface area contributed by atoms with E-state index in [2.05, 4.69) is 5.32 Å². The van der Waals surface area contributed by atoms with Crippen LogP contribution in [-0.2, 0) is 23.9 Å². The molecule has 2 fully saturated rings. The van der Waals surface area contributed by atoms with Crippen LogP contribution in [-0.4, -0.2) is 79.6 Å². The van der Waals surface area contributed by atoms with E-state index in [1.165, 1.54) is 38.4 Å². The van der Waals surface area contributed by atoms with Gasteiger partial charge in [-0.15, -0.1) is 0 Å². The van der Waals surface area contributed by atoms with Gasteiger partial charge in [0.2, 0.25) is 0 Å². The summed E-state index contributed by atoms with van der Waals surface area (Å²) in [6, 6.07) is 10.1. The molecule has 3 heterocycles. The second kappa shape index (κ2) is 9.25.